The Morgan fingerprint density at radius 3 is 2.59 bits per heavy atom. The maximum Gasteiger partial charge on any atom is 0.159 e. The molecule has 6 rings (SSSR count). The van der Waals surface area contributed by atoms with Gasteiger partial charge in [0.1, 0.15) is 11.5 Å². The number of aromatic amines is 2. The maximum atomic E-state index is 14.5. The van der Waals surface area contributed by atoms with E-state index in [-0.39, 0.29) is 5.82 Å². The number of imidazole rings is 1. The van der Waals surface area contributed by atoms with E-state index < -0.39 is 0 Å². The van der Waals surface area contributed by atoms with Crippen LogP contribution in [0.1, 0.15) is 5.56 Å². The van der Waals surface area contributed by atoms with E-state index in [1.165, 1.54) is 6.07 Å². The van der Waals surface area contributed by atoms with Crippen LogP contribution in [0.3, 0.4) is 0 Å². The zero-order valence-corrected chi connectivity index (χ0v) is 17.2. The molecular formula is C26H18FN5. The van der Waals surface area contributed by atoms with Crippen molar-refractivity contribution in [3.05, 3.63) is 90.5 Å². The van der Waals surface area contributed by atoms with Crippen LogP contribution in [0.25, 0.3) is 55.7 Å². The second kappa shape index (κ2) is 7.13. The minimum absolute atomic E-state index is 0.272. The van der Waals surface area contributed by atoms with Crippen molar-refractivity contribution in [2.24, 2.45) is 0 Å². The summed E-state index contributed by atoms with van der Waals surface area (Å²) in [7, 11) is 0. The highest BCUT2D eigenvalue weighted by Crippen LogP contribution is 2.34. The van der Waals surface area contributed by atoms with Gasteiger partial charge in [0.15, 0.2) is 5.82 Å². The molecule has 0 aliphatic heterocycles. The van der Waals surface area contributed by atoms with Gasteiger partial charge in [-0.1, -0.05) is 36.4 Å². The average Bonchev–Trinajstić information content (AvgIpc) is 3.43. The lowest BCUT2D eigenvalue weighted by Gasteiger charge is -2.05. The fourth-order valence-electron chi connectivity index (χ4n) is 4.17. The van der Waals surface area contributed by atoms with Crippen molar-refractivity contribution in [1.29, 1.82) is 0 Å². The molecule has 0 saturated carbocycles. The van der Waals surface area contributed by atoms with Gasteiger partial charge in [0.05, 0.1) is 16.6 Å². The van der Waals surface area contributed by atoms with Gasteiger partial charge in [0, 0.05) is 34.5 Å². The summed E-state index contributed by atoms with van der Waals surface area (Å²) in [6.45, 7) is 2.07. The first-order valence-electron chi connectivity index (χ1n) is 10.3. The molecule has 0 amide bonds. The van der Waals surface area contributed by atoms with Gasteiger partial charge in [-0.2, -0.15) is 5.10 Å². The molecule has 3 heterocycles. The second-order valence-corrected chi connectivity index (χ2v) is 7.79. The number of halogens is 1. The Hall–Kier alpha value is -4.32. The number of aryl methyl sites for hydroxylation is 1. The first-order valence-corrected chi connectivity index (χ1v) is 10.3. The Morgan fingerprint density at radius 1 is 0.844 bits per heavy atom. The van der Waals surface area contributed by atoms with Crippen molar-refractivity contribution >= 4 is 21.9 Å². The third-order valence-corrected chi connectivity index (χ3v) is 5.81. The lowest BCUT2D eigenvalue weighted by Crippen LogP contribution is -1.86. The molecule has 0 aliphatic carbocycles. The van der Waals surface area contributed by atoms with E-state index in [9.17, 15) is 4.39 Å². The molecule has 6 aromatic rings. The highest BCUT2D eigenvalue weighted by molar-refractivity contribution is 5.98. The lowest BCUT2D eigenvalue weighted by atomic mass is 10.0. The summed E-state index contributed by atoms with van der Waals surface area (Å²) in [6, 6.07) is 20.6. The Balaban J connectivity index is 1.53. The summed E-state index contributed by atoms with van der Waals surface area (Å²) in [5, 5.41) is 8.58. The van der Waals surface area contributed by atoms with Gasteiger partial charge < -0.3 is 4.98 Å². The monoisotopic (exact) mass is 419 g/mol. The van der Waals surface area contributed by atoms with Gasteiger partial charge in [-0.25, -0.2) is 9.37 Å². The molecule has 0 spiro atoms. The van der Waals surface area contributed by atoms with Crippen LogP contribution in [0.4, 0.5) is 4.39 Å². The smallest absolute Gasteiger partial charge is 0.159 e. The van der Waals surface area contributed by atoms with Crippen LogP contribution in [0, 0.1) is 12.7 Å². The normalized spacial score (nSPS) is 11.4. The Bertz CT molecular complexity index is 1610. The predicted octanol–water partition coefficient (Wildman–Crippen LogP) is 6.28. The number of nitrogens with zero attached hydrogens (tertiary/aromatic N) is 3. The molecule has 3 aromatic heterocycles. The van der Waals surface area contributed by atoms with Gasteiger partial charge in [-0.15, -0.1) is 0 Å². The molecule has 2 N–H and O–H groups in total. The molecule has 0 unspecified atom stereocenters. The van der Waals surface area contributed by atoms with E-state index in [1.54, 1.807) is 18.3 Å². The highest BCUT2D eigenvalue weighted by Gasteiger charge is 2.17. The summed E-state index contributed by atoms with van der Waals surface area (Å²) in [5.41, 5.74) is 7.75. The van der Waals surface area contributed by atoms with Crippen LogP contribution >= 0.6 is 0 Å². The topological polar surface area (TPSA) is 70.2 Å². The average molecular weight is 419 g/mol. The van der Waals surface area contributed by atoms with E-state index in [0.717, 1.165) is 44.4 Å². The number of nitrogens with one attached hydrogen (secondary N) is 2. The Morgan fingerprint density at radius 2 is 1.72 bits per heavy atom. The first-order chi connectivity index (χ1) is 15.7. The molecule has 0 bridgehead atoms. The van der Waals surface area contributed by atoms with Crippen molar-refractivity contribution in [2.75, 3.05) is 0 Å². The maximum absolute atomic E-state index is 14.5. The van der Waals surface area contributed by atoms with Crippen LogP contribution in [0.2, 0.25) is 0 Å². The van der Waals surface area contributed by atoms with Gasteiger partial charge in [0.2, 0.25) is 0 Å². The third-order valence-electron chi connectivity index (χ3n) is 5.81. The van der Waals surface area contributed by atoms with Crippen molar-refractivity contribution in [1.82, 2.24) is 25.1 Å². The summed E-state index contributed by atoms with van der Waals surface area (Å²) in [5.74, 6) is 0.362. The number of hydrogen-bond acceptors (Lipinski definition) is 3. The second-order valence-electron chi connectivity index (χ2n) is 7.79. The molecule has 5 nitrogen and oxygen atoms in total. The molecule has 0 radical (unpaired) electrons. The molecular weight excluding hydrogens is 401 g/mol. The molecule has 3 aromatic carbocycles. The predicted molar refractivity (Wildman–Crippen MR) is 125 cm³/mol. The summed E-state index contributed by atoms with van der Waals surface area (Å²) < 4.78 is 14.5. The molecule has 154 valence electrons. The van der Waals surface area contributed by atoms with Crippen molar-refractivity contribution in [2.45, 2.75) is 6.92 Å². The number of fused-ring (bicyclic) bond motifs is 2. The van der Waals surface area contributed by atoms with E-state index in [2.05, 4.69) is 39.2 Å². The zero-order chi connectivity index (χ0) is 21.7. The number of benzene rings is 3. The van der Waals surface area contributed by atoms with Gasteiger partial charge in [-0.3, -0.25) is 10.1 Å². The lowest BCUT2D eigenvalue weighted by molar-refractivity contribution is 0.631. The van der Waals surface area contributed by atoms with Crippen molar-refractivity contribution in [3.63, 3.8) is 0 Å². The largest absolute Gasteiger partial charge is 0.337 e. The highest BCUT2D eigenvalue weighted by atomic mass is 19.1. The first kappa shape index (κ1) is 18.4. The van der Waals surface area contributed by atoms with E-state index in [1.807, 2.05) is 42.6 Å². The van der Waals surface area contributed by atoms with E-state index in [4.69, 9.17) is 4.98 Å². The number of rotatable bonds is 3. The van der Waals surface area contributed by atoms with Crippen LogP contribution in [-0.4, -0.2) is 25.1 Å². The summed E-state index contributed by atoms with van der Waals surface area (Å²) in [4.78, 5) is 12.5. The van der Waals surface area contributed by atoms with Gasteiger partial charge >= 0.3 is 0 Å². The Labute approximate surface area is 183 Å². The zero-order valence-electron chi connectivity index (χ0n) is 17.2. The van der Waals surface area contributed by atoms with Crippen LogP contribution < -0.4 is 0 Å². The summed E-state index contributed by atoms with van der Waals surface area (Å²) in [6.07, 6.45) is 3.67. The fraction of sp³-hybridized carbons (Fsp3) is 0.0385. The molecule has 0 fully saturated rings. The number of hydrogen-bond donors (Lipinski definition) is 2. The molecule has 0 aliphatic rings. The molecule has 32 heavy (non-hydrogen) atoms. The Kier molecular flexibility index (Phi) is 4.11. The standard InChI is InChI=1S/C26H18FN5/c1-15-11-12-28-14-20(15)16-9-10-22-19(13-16)25(32-31-22)26-29-23-8-4-6-18(24(23)30-26)17-5-2-3-7-21(17)27/h2-14H,1H3,(H,29,30)(H,31,32). The van der Waals surface area contributed by atoms with Crippen molar-refractivity contribution in [3.8, 4) is 33.8 Å². The van der Waals surface area contributed by atoms with Crippen LogP contribution in [0.5, 0.6) is 0 Å². The van der Waals surface area contributed by atoms with Gasteiger partial charge in [-0.05, 0) is 48.4 Å². The minimum Gasteiger partial charge on any atom is -0.337 e. The van der Waals surface area contributed by atoms with Gasteiger partial charge in [0.25, 0.3) is 0 Å². The summed E-state index contributed by atoms with van der Waals surface area (Å²) >= 11 is 0. The SMILES string of the molecule is Cc1ccncc1-c1ccc2[nH]nc(-c3nc4c(-c5ccccc5F)cccc4[nH]3)c2c1. The van der Waals surface area contributed by atoms with E-state index >= 15 is 0 Å². The van der Waals surface area contributed by atoms with E-state index in [0.29, 0.717) is 16.9 Å². The molecule has 6 heteroatoms. The fourth-order valence-corrected chi connectivity index (χ4v) is 4.17. The number of aromatic nitrogens is 5. The third kappa shape index (κ3) is 2.88. The molecule has 0 saturated heterocycles. The number of para-hydroxylation sites is 1. The number of H-pyrrole nitrogens is 2. The quantitative estimate of drug-likeness (QED) is 0.354. The van der Waals surface area contributed by atoms with Crippen molar-refractivity contribution < 1.29 is 4.39 Å². The molecule has 0 atom stereocenters. The number of pyridine rings is 1. The van der Waals surface area contributed by atoms with Crippen LogP contribution in [-0.2, 0) is 0 Å². The minimum atomic E-state index is -0.272. The van der Waals surface area contributed by atoms with Crippen LogP contribution in [0.15, 0.2) is 79.1 Å².